The molecule has 1 aliphatic heterocycles. The minimum atomic E-state index is -2.89. The summed E-state index contributed by atoms with van der Waals surface area (Å²) in [7, 11) is -1.02. The molecule has 18 heavy (non-hydrogen) atoms. The number of rotatable bonds is 2. The number of aryl methyl sites for hydroxylation is 2. The Balaban J connectivity index is 2.32. The molecule has 0 aliphatic carbocycles. The van der Waals surface area contributed by atoms with Crippen LogP contribution >= 0.6 is 11.6 Å². The molecule has 0 aromatic carbocycles. The van der Waals surface area contributed by atoms with Gasteiger partial charge in [0.2, 0.25) is 0 Å². The molecule has 102 valence electrons. The smallest absolute Gasteiger partial charge is 0.152 e. The fourth-order valence-corrected chi connectivity index (χ4v) is 3.98. The summed E-state index contributed by atoms with van der Waals surface area (Å²) >= 11 is 5.97. The summed E-state index contributed by atoms with van der Waals surface area (Å²) in [5, 5.41) is 4.37. The Labute approximate surface area is 113 Å². The van der Waals surface area contributed by atoms with Gasteiger partial charge in [-0.1, -0.05) is 0 Å². The van der Waals surface area contributed by atoms with Crippen molar-refractivity contribution < 1.29 is 8.42 Å². The molecule has 7 heteroatoms. The Morgan fingerprint density at radius 3 is 2.72 bits per heavy atom. The molecule has 1 aromatic heterocycles. The van der Waals surface area contributed by atoms with Crippen LogP contribution in [0.25, 0.3) is 0 Å². The lowest BCUT2D eigenvalue weighted by Gasteiger charge is -2.23. The zero-order valence-electron chi connectivity index (χ0n) is 10.7. The second-order valence-electron chi connectivity index (χ2n) is 4.64. The molecule has 0 N–H and O–H groups in total. The standard InChI is InChI=1S/C11H18ClN3O2S/c1-9-10(8-12)11(14(2)13-9)15-4-3-6-18(16,17)7-5-15/h3-8H2,1-2H3. The highest BCUT2D eigenvalue weighted by Crippen LogP contribution is 2.26. The van der Waals surface area contributed by atoms with E-state index in [4.69, 9.17) is 11.6 Å². The lowest BCUT2D eigenvalue weighted by atomic mass is 10.2. The molecule has 1 fully saturated rings. The van der Waals surface area contributed by atoms with Crippen LogP contribution in [0.3, 0.4) is 0 Å². The van der Waals surface area contributed by atoms with Crippen molar-refractivity contribution in [2.75, 3.05) is 29.5 Å². The van der Waals surface area contributed by atoms with E-state index in [9.17, 15) is 8.42 Å². The Bertz CT molecular complexity index is 539. The van der Waals surface area contributed by atoms with E-state index >= 15 is 0 Å². The second kappa shape index (κ2) is 5.09. The van der Waals surface area contributed by atoms with Gasteiger partial charge in [0.15, 0.2) is 9.84 Å². The SMILES string of the molecule is Cc1nn(C)c(N2CCCS(=O)(=O)CC2)c1CCl. The Morgan fingerprint density at radius 1 is 1.33 bits per heavy atom. The molecule has 5 nitrogen and oxygen atoms in total. The van der Waals surface area contributed by atoms with Gasteiger partial charge in [0, 0.05) is 25.7 Å². The maximum absolute atomic E-state index is 11.6. The number of nitrogens with zero attached hydrogens (tertiary/aromatic N) is 3. The topological polar surface area (TPSA) is 55.2 Å². The Morgan fingerprint density at radius 2 is 2.06 bits per heavy atom. The van der Waals surface area contributed by atoms with E-state index in [0.29, 0.717) is 18.8 Å². The second-order valence-corrected chi connectivity index (χ2v) is 7.21. The molecule has 2 rings (SSSR count). The quantitative estimate of drug-likeness (QED) is 0.766. The summed E-state index contributed by atoms with van der Waals surface area (Å²) in [6, 6.07) is 0. The summed E-state index contributed by atoms with van der Waals surface area (Å²) in [6.45, 7) is 3.18. The average molecular weight is 292 g/mol. The molecule has 0 bridgehead atoms. The van der Waals surface area contributed by atoms with Gasteiger partial charge in [0.05, 0.1) is 23.1 Å². The first-order valence-electron chi connectivity index (χ1n) is 5.98. The van der Waals surface area contributed by atoms with Crippen molar-refractivity contribution in [2.45, 2.75) is 19.2 Å². The molecular formula is C11H18ClN3O2S. The van der Waals surface area contributed by atoms with Gasteiger partial charge in [-0.25, -0.2) is 8.42 Å². The average Bonchev–Trinajstić information content (AvgIpc) is 2.45. The van der Waals surface area contributed by atoms with Crippen molar-refractivity contribution in [3.05, 3.63) is 11.3 Å². The van der Waals surface area contributed by atoms with Crippen LogP contribution in [0.15, 0.2) is 0 Å². The number of alkyl halides is 1. The van der Waals surface area contributed by atoms with Crippen LogP contribution in [0.2, 0.25) is 0 Å². The highest BCUT2D eigenvalue weighted by atomic mass is 35.5. The lowest BCUT2D eigenvalue weighted by Crippen LogP contribution is -2.29. The van der Waals surface area contributed by atoms with Crippen molar-refractivity contribution >= 4 is 27.3 Å². The summed E-state index contributed by atoms with van der Waals surface area (Å²) in [5.74, 6) is 1.84. The minimum absolute atomic E-state index is 0.207. The van der Waals surface area contributed by atoms with Crippen LogP contribution in [0, 0.1) is 6.92 Å². The molecule has 0 spiro atoms. The third-order valence-corrected chi connectivity index (χ3v) is 5.28. The first-order chi connectivity index (χ1) is 8.44. The fraction of sp³-hybridized carbons (Fsp3) is 0.727. The number of anilines is 1. The van der Waals surface area contributed by atoms with Crippen LogP contribution in [-0.4, -0.2) is 42.8 Å². The van der Waals surface area contributed by atoms with Crippen LogP contribution in [0.5, 0.6) is 0 Å². The molecule has 1 aliphatic rings. The van der Waals surface area contributed by atoms with E-state index in [1.54, 1.807) is 4.68 Å². The number of hydrogen-bond acceptors (Lipinski definition) is 4. The van der Waals surface area contributed by atoms with Gasteiger partial charge < -0.3 is 4.90 Å². The molecule has 0 radical (unpaired) electrons. The van der Waals surface area contributed by atoms with Crippen molar-refractivity contribution in [3.63, 3.8) is 0 Å². The molecule has 2 heterocycles. The van der Waals surface area contributed by atoms with E-state index in [2.05, 4.69) is 10.00 Å². The number of aromatic nitrogens is 2. The van der Waals surface area contributed by atoms with Gasteiger partial charge in [-0.15, -0.1) is 11.6 Å². The Hall–Kier alpha value is -0.750. The van der Waals surface area contributed by atoms with E-state index in [-0.39, 0.29) is 11.5 Å². The summed E-state index contributed by atoms with van der Waals surface area (Å²) < 4.78 is 25.0. The molecular weight excluding hydrogens is 274 g/mol. The van der Waals surface area contributed by atoms with Crippen LogP contribution in [0.4, 0.5) is 5.82 Å². The van der Waals surface area contributed by atoms with Crippen LogP contribution in [0.1, 0.15) is 17.7 Å². The van der Waals surface area contributed by atoms with E-state index in [1.165, 1.54) is 0 Å². The minimum Gasteiger partial charge on any atom is -0.356 e. The first kappa shape index (κ1) is 13.7. The zero-order chi connectivity index (χ0) is 13.3. The highest BCUT2D eigenvalue weighted by Gasteiger charge is 2.24. The largest absolute Gasteiger partial charge is 0.356 e. The molecule has 1 saturated heterocycles. The van der Waals surface area contributed by atoms with Gasteiger partial charge in [-0.2, -0.15) is 5.10 Å². The maximum atomic E-state index is 11.6. The predicted molar refractivity (Wildman–Crippen MR) is 73.0 cm³/mol. The zero-order valence-corrected chi connectivity index (χ0v) is 12.3. The third kappa shape index (κ3) is 2.64. The molecule has 1 aromatic rings. The van der Waals surface area contributed by atoms with Gasteiger partial charge in [-0.05, 0) is 13.3 Å². The first-order valence-corrected chi connectivity index (χ1v) is 8.34. The van der Waals surface area contributed by atoms with E-state index < -0.39 is 9.84 Å². The van der Waals surface area contributed by atoms with E-state index in [1.807, 2.05) is 14.0 Å². The molecule has 0 atom stereocenters. The predicted octanol–water partition coefficient (Wildman–Crippen LogP) is 1.09. The molecule has 0 unspecified atom stereocenters. The van der Waals surface area contributed by atoms with E-state index in [0.717, 1.165) is 23.6 Å². The maximum Gasteiger partial charge on any atom is 0.152 e. The number of sulfone groups is 1. The van der Waals surface area contributed by atoms with Gasteiger partial charge >= 0.3 is 0 Å². The van der Waals surface area contributed by atoms with Crippen LogP contribution < -0.4 is 4.90 Å². The van der Waals surface area contributed by atoms with Crippen molar-refractivity contribution in [1.29, 1.82) is 0 Å². The lowest BCUT2D eigenvalue weighted by molar-refractivity contribution is 0.597. The normalized spacial score (nSPS) is 19.8. The summed E-state index contributed by atoms with van der Waals surface area (Å²) in [6.07, 6.45) is 0.661. The number of halogens is 1. The molecule has 0 saturated carbocycles. The summed E-state index contributed by atoms with van der Waals surface area (Å²) in [5.41, 5.74) is 1.91. The highest BCUT2D eigenvalue weighted by molar-refractivity contribution is 7.91. The Kier molecular flexibility index (Phi) is 3.87. The van der Waals surface area contributed by atoms with Crippen molar-refractivity contribution in [1.82, 2.24) is 9.78 Å². The van der Waals surface area contributed by atoms with Gasteiger partial charge in [0.1, 0.15) is 5.82 Å². The number of hydrogen-bond donors (Lipinski definition) is 0. The monoisotopic (exact) mass is 291 g/mol. The molecule has 0 amide bonds. The van der Waals surface area contributed by atoms with Crippen molar-refractivity contribution in [2.24, 2.45) is 7.05 Å². The van der Waals surface area contributed by atoms with Crippen molar-refractivity contribution in [3.8, 4) is 0 Å². The third-order valence-electron chi connectivity index (χ3n) is 3.30. The fourth-order valence-electron chi connectivity index (χ4n) is 2.39. The van der Waals surface area contributed by atoms with Crippen LogP contribution in [-0.2, 0) is 22.8 Å². The van der Waals surface area contributed by atoms with Gasteiger partial charge in [-0.3, -0.25) is 4.68 Å². The summed E-state index contributed by atoms with van der Waals surface area (Å²) in [4.78, 5) is 2.09. The van der Waals surface area contributed by atoms with Gasteiger partial charge in [0.25, 0.3) is 0 Å².